The van der Waals surface area contributed by atoms with Crippen LogP contribution < -0.4 is 21.3 Å². The van der Waals surface area contributed by atoms with E-state index in [-0.39, 0.29) is 22.6 Å². The minimum atomic E-state index is -1.09. The molecule has 0 saturated heterocycles. The monoisotopic (exact) mass is 411 g/mol. The van der Waals surface area contributed by atoms with Crippen LogP contribution in [0.1, 0.15) is 43.7 Å². The number of aliphatic carboxylic acids is 1. The molecule has 9 nitrogen and oxygen atoms in total. The first-order chi connectivity index (χ1) is 14.1. The van der Waals surface area contributed by atoms with Gasteiger partial charge in [-0.15, -0.1) is 0 Å². The molecule has 0 saturated carbocycles. The molecule has 1 aliphatic heterocycles. The maximum Gasteiger partial charge on any atom is 0.341 e. The molecule has 9 heteroatoms. The SMILES string of the molecule is CC1(C)CC(=O)C2=C(C1)Nc1[nH]c(=O)[nH]c(=O)c1C2c1ccc(OCC(=O)O)cc1. The van der Waals surface area contributed by atoms with Crippen molar-refractivity contribution in [3.8, 4) is 5.75 Å². The maximum absolute atomic E-state index is 13.1. The highest BCUT2D eigenvalue weighted by atomic mass is 16.5. The van der Waals surface area contributed by atoms with Crippen molar-refractivity contribution in [2.75, 3.05) is 11.9 Å². The van der Waals surface area contributed by atoms with Crippen LogP contribution in [0.4, 0.5) is 5.82 Å². The van der Waals surface area contributed by atoms with Gasteiger partial charge in [-0.3, -0.25) is 19.6 Å². The number of carbonyl (C=O) groups excluding carboxylic acids is 1. The Morgan fingerprint density at radius 2 is 1.83 bits per heavy atom. The molecular formula is C21H21N3O6. The van der Waals surface area contributed by atoms with Gasteiger partial charge in [-0.1, -0.05) is 26.0 Å². The van der Waals surface area contributed by atoms with Crippen molar-refractivity contribution < 1.29 is 19.4 Å². The summed E-state index contributed by atoms with van der Waals surface area (Å²) in [6.07, 6.45) is 0.944. The van der Waals surface area contributed by atoms with Crippen molar-refractivity contribution in [1.82, 2.24) is 9.97 Å². The topological polar surface area (TPSA) is 141 Å². The highest BCUT2D eigenvalue weighted by Gasteiger charge is 2.42. The Bertz CT molecular complexity index is 1190. The smallest absolute Gasteiger partial charge is 0.341 e. The molecule has 1 aromatic carbocycles. The number of aromatic nitrogens is 2. The standard InChI is InChI=1S/C21H21N3O6/c1-21(2)7-12-16(13(25)8-21)15(17-18(22-12)23-20(29)24-19(17)28)10-3-5-11(6-4-10)30-9-14(26)27/h3-6,15H,7-9H2,1-2H3,(H,26,27)(H3,22,23,24,28,29). The molecule has 1 atom stereocenters. The minimum Gasteiger partial charge on any atom is -0.482 e. The van der Waals surface area contributed by atoms with Crippen LogP contribution in [0.5, 0.6) is 5.75 Å². The summed E-state index contributed by atoms with van der Waals surface area (Å²) >= 11 is 0. The molecule has 1 aliphatic carbocycles. The summed E-state index contributed by atoms with van der Waals surface area (Å²) in [6.45, 7) is 3.52. The average Bonchev–Trinajstić information content (AvgIpc) is 2.64. The normalized spacial score (nSPS) is 19.5. The fourth-order valence-electron chi connectivity index (χ4n) is 4.18. The first kappa shape index (κ1) is 19.7. The molecule has 1 aromatic heterocycles. The Morgan fingerprint density at radius 1 is 1.13 bits per heavy atom. The van der Waals surface area contributed by atoms with Gasteiger partial charge in [-0.25, -0.2) is 9.59 Å². The molecule has 2 aromatic rings. The third-order valence-electron chi connectivity index (χ3n) is 5.33. The van der Waals surface area contributed by atoms with Crippen molar-refractivity contribution in [3.05, 3.63) is 67.5 Å². The van der Waals surface area contributed by atoms with E-state index in [9.17, 15) is 19.2 Å². The number of carbonyl (C=O) groups is 2. The zero-order chi connectivity index (χ0) is 21.6. The van der Waals surface area contributed by atoms with E-state index in [2.05, 4.69) is 15.3 Å². The summed E-state index contributed by atoms with van der Waals surface area (Å²) in [5, 5.41) is 11.9. The molecule has 2 heterocycles. The Hall–Kier alpha value is -3.62. The number of carboxylic acid groups (broad SMARTS) is 1. The summed E-state index contributed by atoms with van der Waals surface area (Å²) in [5.74, 6) is -1.16. The molecule has 30 heavy (non-hydrogen) atoms. The molecule has 0 fully saturated rings. The Balaban J connectivity index is 1.84. The number of allylic oxidation sites excluding steroid dienone is 2. The summed E-state index contributed by atoms with van der Waals surface area (Å²) in [7, 11) is 0. The van der Waals surface area contributed by atoms with Gasteiger partial charge in [0, 0.05) is 23.6 Å². The number of benzene rings is 1. The van der Waals surface area contributed by atoms with Gasteiger partial charge in [-0.05, 0) is 29.5 Å². The number of hydrogen-bond donors (Lipinski definition) is 4. The number of H-pyrrole nitrogens is 2. The molecule has 0 amide bonds. The van der Waals surface area contributed by atoms with E-state index in [0.29, 0.717) is 35.4 Å². The zero-order valence-electron chi connectivity index (χ0n) is 16.5. The van der Waals surface area contributed by atoms with Gasteiger partial charge >= 0.3 is 11.7 Å². The number of rotatable bonds is 4. The van der Waals surface area contributed by atoms with E-state index in [1.54, 1.807) is 24.3 Å². The summed E-state index contributed by atoms with van der Waals surface area (Å²) in [6, 6.07) is 6.58. The molecule has 4 rings (SSSR count). The first-order valence-electron chi connectivity index (χ1n) is 9.49. The van der Waals surface area contributed by atoms with E-state index in [1.165, 1.54) is 0 Å². The van der Waals surface area contributed by atoms with Crippen molar-refractivity contribution in [1.29, 1.82) is 0 Å². The second kappa shape index (κ2) is 7.01. The van der Waals surface area contributed by atoms with Crippen LogP contribution in [0, 0.1) is 5.41 Å². The molecule has 0 spiro atoms. The summed E-state index contributed by atoms with van der Waals surface area (Å²) in [5.41, 5.74) is 0.689. The zero-order valence-corrected chi connectivity index (χ0v) is 16.5. The van der Waals surface area contributed by atoms with Gasteiger partial charge in [0.15, 0.2) is 12.4 Å². The number of Topliss-reactive ketones (excluding diaryl/α,β-unsaturated/α-hetero) is 1. The number of nitrogens with one attached hydrogen (secondary N) is 3. The Kier molecular flexibility index (Phi) is 4.60. The van der Waals surface area contributed by atoms with Crippen molar-refractivity contribution >= 4 is 17.6 Å². The fraction of sp³-hybridized carbons (Fsp3) is 0.333. The average molecular weight is 411 g/mol. The van der Waals surface area contributed by atoms with Crippen LogP contribution >= 0.6 is 0 Å². The van der Waals surface area contributed by atoms with Crippen LogP contribution in [0.3, 0.4) is 0 Å². The van der Waals surface area contributed by atoms with Gasteiger partial charge < -0.3 is 15.2 Å². The molecule has 0 radical (unpaired) electrons. The molecular weight excluding hydrogens is 390 g/mol. The van der Waals surface area contributed by atoms with Gasteiger partial charge in [0.25, 0.3) is 5.56 Å². The summed E-state index contributed by atoms with van der Waals surface area (Å²) in [4.78, 5) is 53.2. The Labute approximate surface area is 170 Å². The van der Waals surface area contributed by atoms with Gasteiger partial charge in [-0.2, -0.15) is 0 Å². The number of fused-ring (bicyclic) bond motifs is 1. The molecule has 2 aliphatic rings. The predicted octanol–water partition coefficient (Wildman–Crippen LogP) is 1.73. The van der Waals surface area contributed by atoms with Gasteiger partial charge in [0.2, 0.25) is 0 Å². The second-order valence-electron chi connectivity index (χ2n) is 8.34. The lowest BCUT2D eigenvalue weighted by Crippen LogP contribution is -2.38. The van der Waals surface area contributed by atoms with Crippen LogP contribution in [-0.4, -0.2) is 33.4 Å². The van der Waals surface area contributed by atoms with Crippen molar-refractivity contribution in [2.45, 2.75) is 32.6 Å². The highest BCUT2D eigenvalue weighted by molar-refractivity contribution is 6.01. The number of anilines is 1. The van der Waals surface area contributed by atoms with E-state index in [4.69, 9.17) is 9.84 Å². The molecule has 0 bridgehead atoms. The van der Waals surface area contributed by atoms with Gasteiger partial charge in [0.05, 0.1) is 5.56 Å². The molecule has 1 unspecified atom stereocenters. The van der Waals surface area contributed by atoms with Crippen LogP contribution in [0.25, 0.3) is 0 Å². The van der Waals surface area contributed by atoms with Gasteiger partial charge in [0.1, 0.15) is 11.6 Å². The minimum absolute atomic E-state index is 0.0544. The largest absolute Gasteiger partial charge is 0.482 e. The third kappa shape index (κ3) is 3.54. The number of aromatic amines is 2. The van der Waals surface area contributed by atoms with Crippen molar-refractivity contribution in [2.24, 2.45) is 5.41 Å². The maximum atomic E-state index is 13.1. The van der Waals surface area contributed by atoms with E-state index in [0.717, 1.165) is 0 Å². The van der Waals surface area contributed by atoms with E-state index >= 15 is 0 Å². The van der Waals surface area contributed by atoms with Crippen LogP contribution in [0.15, 0.2) is 45.1 Å². The second-order valence-corrected chi connectivity index (χ2v) is 8.34. The number of carboxylic acids is 1. The lowest BCUT2D eigenvalue weighted by molar-refractivity contribution is -0.139. The third-order valence-corrected chi connectivity index (χ3v) is 5.33. The van der Waals surface area contributed by atoms with Crippen molar-refractivity contribution in [3.63, 3.8) is 0 Å². The lowest BCUT2D eigenvalue weighted by atomic mass is 9.69. The molecule has 4 N–H and O–H groups in total. The first-order valence-corrected chi connectivity index (χ1v) is 9.49. The quantitative estimate of drug-likeness (QED) is 0.600. The predicted molar refractivity (Wildman–Crippen MR) is 108 cm³/mol. The van der Waals surface area contributed by atoms with E-state index < -0.39 is 29.7 Å². The van der Waals surface area contributed by atoms with Crippen LogP contribution in [0.2, 0.25) is 0 Å². The fourth-order valence-corrected chi connectivity index (χ4v) is 4.18. The van der Waals surface area contributed by atoms with Crippen LogP contribution in [-0.2, 0) is 9.59 Å². The summed E-state index contributed by atoms with van der Waals surface area (Å²) < 4.78 is 5.17. The number of ketones is 1. The van der Waals surface area contributed by atoms with E-state index in [1.807, 2.05) is 13.8 Å². The highest BCUT2D eigenvalue weighted by Crippen LogP contribution is 2.47. The number of ether oxygens (including phenoxy) is 1. The molecule has 156 valence electrons. The lowest BCUT2D eigenvalue weighted by Gasteiger charge is -2.38. The number of hydrogen-bond acceptors (Lipinski definition) is 6. The Morgan fingerprint density at radius 3 is 2.50 bits per heavy atom.